The molecule has 1 fully saturated rings. The molecule has 1 saturated heterocycles. The number of nitrogens with two attached hydrogens (primary N) is 4. The van der Waals surface area contributed by atoms with Gasteiger partial charge in [-0.3, -0.25) is 24.0 Å². The fraction of sp³-hybridized carbons (Fsp3) is 0.684. The number of carbonyl (C=O) groups excluding carboxylic acids is 5. The summed E-state index contributed by atoms with van der Waals surface area (Å²) in [4.78, 5) is 73.1. The van der Waals surface area contributed by atoms with E-state index in [4.69, 9.17) is 22.9 Å². The molecule has 1 rings (SSSR count). The van der Waals surface area contributed by atoms with Crippen molar-refractivity contribution < 1.29 is 33.9 Å². The number of amides is 5. The Labute approximate surface area is 190 Å². The van der Waals surface area contributed by atoms with Gasteiger partial charge in [-0.2, -0.15) is 0 Å². The molecule has 186 valence electrons. The lowest BCUT2D eigenvalue weighted by Gasteiger charge is -2.28. The predicted molar refractivity (Wildman–Crippen MR) is 115 cm³/mol. The number of carboxylic acid groups (broad SMARTS) is 1. The third-order valence-corrected chi connectivity index (χ3v) is 5.18. The third-order valence-electron chi connectivity index (χ3n) is 5.18. The van der Waals surface area contributed by atoms with Gasteiger partial charge in [-0.25, -0.2) is 4.79 Å². The summed E-state index contributed by atoms with van der Waals surface area (Å²) in [7, 11) is 0. The lowest BCUT2D eigenvalue weighted by molar-refractivity contribution is -0.143. The van der Waals surface area contributed by atoms with E-state index in [2.05, 4.69) is 10.6 Å². The van der Waals surface area contributed by atoms with E-state index in [0.717, 1.165) is 0 Å². The zero-order valence-corrected chi connectivity index (χ0v) is 18.3. The maximum Gasteiger partial charge on any atom is 0.326 e. The smallest absolute Gasteiger partial charge is 0.326 e. The third kappa shape index (κ3) is 9.02. The summed E-state index contributed by atoms with van der Waals surface area (Å²) in [5.41, 5.74) is 21.3. The van der Waals surface area contributed by atoms with Gasteiger partial charge in [-0.15, -0.1) is 0 Å². The molecule has 11 N–H and O–H groups in total. The molecule has 33 heavy (non-hydrogen) atoms. The summed E-state index contributed by atoms with van der Waals surface area (Å²) in [5, 5.41) is 14.0. The van der Waals surface area contributed by atoms with Crippen LogP contribution in [0.4, 0.5) is 0 Å². The second-order valence-corrected chi connectivity index (χ2v) is 7.88. The molecular formula is C19H33N7O7. The highest BCUT2D eigenvalue weighted by molar-refractivity contribution is 5.96. The van der Waals surface area contributed by atoms with Crippen molar-refractivity contribution in [1.29, 1.82) is 0 Å². The van der Waals surface area contributed by atoms with Gasteiger partial charge < -0.3 is 43.6 Å². The van der Waals surface area contributed by atoms with Gasteiger partial charge >= 0.3 is 5.97 Å². The van der Waals surface area contributed by atoms with Crippen LogP contribution < -0.4 is 33.6 Å². The molecule has 5 amide bonds. The van der Waals surface area contributed by atoms with Crippen molar-refractivity contribution in [1.82, 2.24) is 15.5 Å². The lowest BCUT2D eigenvalue weighted by Crippen LogP contribution is -2.57. The van der Waals surface area contributed by atoms with Crippen LogP contribution in [0.5, 0.6) is 0 Å². The number of nitrogens with zero attached hydrogens (tertiary/aromatic N) is 1. The molecule has 0 radical (unpaired) electrons. The Morgan fingerprint density at radius 3 is 2.15 bits per heavy atom. The van der Waals surface area contributed by atoms with Gasteiger partial charge in [0.15, 0.2) is 0 Å². The van der Waals surface area contributed by atoms with Gasteiger partial charge in [-0.05, 0) is 38.6 Å². The number of hydrogen-bond acceptors (Lipinski definition) is 8. The minimum atomic E-state index is -1.44. The van der Waals surface area contributed by atoms with Gasteiger partial charge in [0.1, 0.15) is 18.1 Å². The maximum atomic E-state index is 12.8. The molecule has 0 spiro atoms. The number of hydrogen-bond donors (Lipinski definition) is 7. The average Bonchev–Trinajstić information content (AvgIpc) is 3.20. The zero-order chi connectivity index (χ0) is 25.1. The van der Waals surface area contributed by atoms with Crippen LogP contribution in [0.2, 0.25) is 0 Å². The van der Waals surface area contributed by atoms with Crippen LogP contribution in [-0.4, -0.2) is 82.8 Å². The fourth-order valence-electron chi connectivity index (χ4n) is 3.52. The molecule has 4 atom stereocenters. The number of carbonyl (C=O) groups is 6. The Morgan fingerprint density at radius 1 is 0.970 bits per heavy atom. The SMILES string of the molecule is NCCCCC(NC(=O)C(CC(N)=O)NC(=O)C1CCCN1C(=O)C(N)CC(N)=O)C(=O)O. The van der Waals surface area contributed by atoms with E-state index in [-0.39, 0.29) is 19.4 Å². The van der Waals surface area contributed by atoms with Crippen LogP contribution in [0.3, 0.4) is 0 Å². The van der Waals surface area contributed by atoms with Crippen molar-refractivity contribution in [2.45, 2.75) is 69.1 Å². The Morgan fingerprint density at radius 2 is 1.61 bits per heavy atom. The van der Waals surface area contributed by atoms with Gasteiger partial charge in [0.2, 0.25) is 29.5 Å². The molecule has 1 aliphatic rings. The Bertz CT molecular complexity index is 761. The first kappa shape index (κ1) is 27.8. The summed E-state index contributed by atoms with van der Waals surface area (Å²) in [6, 6.07) is -4.89. The number of unbranched alkanes of at least 4 members (excludes halogenated alkanes) is 1. The Hall–Kier alpha value is -3.26. The number of aliphatic carboxylic acids is 1. The maximum absolute atomic E-state index is 12.8. The molecule has 14 heteroatoms. The van der Waals surface area contributed by atoms with E-state index in [9.17, 15) is 33.9 Å². The summed E-state index contributed by atoms with van der Waals surface area (Å²) in [6.45, 7) is 0.568. The number of likely N-dealkylation sites (tertiary alicyclic amines) is 1. The van der Waals surface area contributed by atoms with Crippen LogP contribution >= 0.6 is 0 Å². The highest BCUT2D eigenvalue weighted by Gasteiger charge is 2.38. The highest BCUT2D eigenvalue weighted by atomic mass is 16.4. The molecule has 0 aliphatic carbocycles. The quantitative estimate of drug-likeness (QED) is 0.123. The Balaban J connectivity index is 2.89. The largest absolute Gasteiger partial charge is 0.480 e. The van der Waals surface area contributed by atoms with Crippen molar-refractivity contribution in [3.63, 3.8) is 0 Å². The minimum Gasteiger partial charge on any atom is -0.480 e. The van der Waals surface area contributed by atoms with E-state index >= 15 is 0 Å². The monoisotopic (exact) mass is 471 g/mol. The molecule has 0 bridgehead atoms. The molecule has 0 aromatic rings. The zero-order valence-electron chi connectivity index (χ0n) is 18.3. The molecule has 1 aliphatic heterocycles. The van der Waals surface area contributed by atoms with Crippen LogP contribution in [0.1, 0.15) is 44.9 Å². The molecule has 14 nitrogen and oxygen atoms in total. The van der Waals surface area contributed by atoms with E-state index < -0.39 is 72.5 Å². The van der Waals surface area contributed by atoms with Crippen molar-refractivity contribution >= 4 is 35.5 Å². The van der Waals surface area contributed by atoms with Crippen molar-refractivity contribution in [2.75, 3.05) is 13.1 Å². The van der Waals surface area contributed by atoms with Gasteiger partial charge in [-0.1, -0.05) is 0 Å². The van der Waals surface area contributed by atoms with E-state index in [1.165, 1.54) is 4.90 Å². The Kier molecular flexibility index (Phi) is 11.2. The minimum absolute atomic E-state index is 0.109. The normalized spacial score (nSPS) is 18.1. The first-order chi connectivity index (χ1) is 15.5. The summed E-state index contributed by atoms with van der Waals surface area (Å²) in [5.74, 6) is -5.22. The predicted octanol–water partition coefficient (Wildman–Crippen LogP) is -3.76. The second kappa shape index (κ2) is 13.3. The molecular weight excluding hydrogens is 438 g/mol. The molecule has 0 aromatic heterocycles. The molecule has 1 heterocycles. The molecule has 0 saturated carbocycles. The van der Waals surface area contributed by atoms with Gasteiger partial charge in [0, 0.05) is 6.54 Å². The number of carboxylic acids is 1. The average molecular weight is 472 g/mol. The van der Waals surface area contributed by atoms with Crippen LogP contribution in [-0.2, 0) is 28.8 Å². The second-order valence-electron chi connectivity index (χ2n) is 7.88. The van der Waals surface area contributed by atoms with Crippen LogP contribution in [0.15, 0.2) is 0 Å². The fourth-order valence-corrected chi connectivity index (χ4v) is 3.52. The first-order valence-electron chi connectivity index (χ1n) is 10.6. The molecule has 0 aromatic carbocycles. The standard InChI is InChI=1S/C19H33N7O7/c20-6-2-1-4-11(19(32)33)24-16(29)12(9-15(23)28)25-17(30)13-5-3-7-26(13)18(31)10(21)8-14(22)27/h10-13H,1-9,20-21H2,(H2,22,27)(H2,23,28)(H,24,29)(H,25,30)(H,32,33). The lowest BCUT2D eigenvalue weighted by atomic mass is 10.1. The molecule has 4 unspecified atom stereocenters. The van der Waals surface area contributed by atoms with Crippen molar-refractivity contribution in [2.24, 2.45) is 22.9 Å². The van der Waals surface area contributed by atoms with E-state index in [0.29, 0.717) is 25.8 Å². The highest BCUT2D eigenvalue weighted by Crippen LogP contribution is 2.19. The van der Waals surface area contributed by atoms with Gasteiger partial charge in [0.25, 0.3) is 0 Å². The topological polar surface area (TPSA) is 254 Å². The van der Waals surface area contributed by atoms with E-state index in [1.807, 2.05) is 0 Å². The first-order valence-corrected chi connectivity index (χ1v) is 10.6. The van der Waals surface area contributed by atoms with E-state index in [1.54, 1.807) is 0 Å². The van der Waals surface area contributed by atoms with Crippen molar-refractivity contribution in [3.05, 3.63) is 0 Å². The van der Waals surface area contributed by atoms with Crippen molar-refractivity contribution in [3.8, 4) is 0 Å². The number of rotatable bonds is 14. The van der Waals surface area contributed by atoms with Gasteiger partial charge in [0.05, 0.1) is 18.9 Å². The number of primary amides is 2. The van der Waals surface area contributed by atoms with Crippen LogP contribution in [0.25, 0.3) is 0 Å². The summed E-state index contributed by atoms with van der Waals surface area (Å²) >= 11 is 0. The summed E-state index contributed by atoms with van der Waals surface area (Å²) in [6.07, 6.45) is 0.893. The van der Waals surface area contributed by atoms with Crippen LogP contribution in [0, 0.1) is 0 Å². The summed E-state index contributed by atoms with van der Waals surface area (Å²) < 4.78 is 0. The number of nitrogens with one attached hydrogen (secondary N) is 2.